The van der Waals surface area contributed by atoms with E-state index in [0.717, 1.165) is 11.3 Å². The molecule has 132 valence electrons. The molecule has 0 heterocycles. The Kier molecular flexibility index (Phi) is 7.35. The number of thioether (sulfide) groups is 1. The van der Waals surface area contributed by atoms with Crippen LogP contribution in [0.4, 0.5) is 0 Å². The van der Waals surface area contributed by atoms with Crippen LogP contribution in [0.5, 0.6) is 11.5 Å². The number of rotatable bonds is 8. The summed E-state index contributed by atoms with van der Waals surface area (Å²) in [6.45, 7) is 2.07. The van der Waals surface area contributed by atoms with Crippen molar-refractivity contribution in [2.24, 2.45) is 5.10 Å². The lowest BCUT2D eigenvalue weighted by molar-refractivity contribution is -0.118. The van der Waals surface area contributed by atoms with E-state index in [0.29, 0.717) is 17.3 Å². The molecule has 25 heavy (non-hydrogen) atoms. The second kappa shape index (κ2) is 9.74. The van der Waals surface area contributed by atoms with Gasteiger partial charge in [0, 0.05) is 17.4 Å². The number of hydrogen-bond donors (Lipinski definition) is 1. The van der Waals surface area contributed by atoms with Crippen molar-refractivity contribution in [3.05, 3.63) is 59.2 Å². The quantitative estimate of drug-likeness (QED) is 0.580. The van der Waals surface area contributed by atoms with Gasteiger partial charge in [0.25, 0.3) is 0 Å². The van der Waals surface area contributed by atoms with E-state index in [1.165, 1.54) is 11.1 Å². The van der Waals surface area contributed by atoms with Gasteiger partial charge >= 0.3 is 0 Å². The molecular formula is C19H22N2O3S. The lowest BCUT2D eigenvalue weighted by atomic mass is 10.1. The Morgan fingerprint density at radius 1 is 1.20 bits per heavy atom. The second-order valence-corrected chi connectivity index (χ2v) is 6.31. The maximum Gasteiger partial charge on any atom is 0.250 e. The summed E-state index contributed by atoms with van der Waals surface area (Å²) in [6.07, 6.45) is 1.56. The van der Waals surface area contributed by atoms with Crippen molar-refractivity contribution >= 4 is 23.9 Å². The molecule has 1 amide bonds. The maximum atomic E-state index is 11.9. The monoisotopic (exact) mass is 358 g/mol. The summed E-state index contributed by atoms with van der Waals surface area (Å²) >= 11 is 1.56. The Hall–Kier alpha value is -2.47. The molecule has 2 aromatic carbocycles. The average Bonchev–Trinajstić information content (AvgIpc) is 2.63. The number of amides is 1. The Bertz CT molecular complexity index is 747. The zero-order valence-electron chi connectivity index (χ0n) is 14.6. The minimum atomic E-state index is -0.137. The predicted molar refractivity (Wildman–Crippen MR) is 103 cm³/mol. The Morgan fingerprint density at radius 2 is 2.00 bits per heavy atom. The number of carbonyl (C=O) groups is 1. The van der Waals surface area contributed by atoms with Gasteiger partial charge in [0.05, 0.1) is 26.2 Å². The van der Waals surface area contributed by atoms with E-state index < -0.39 is 0 Å². The van der Waals surface area contributed by atoms with Gasteiger partial charge in [-0.15, -0.1) is 11.8 Å². The van der Waals surface area contributed by atoms with E-state index >= 15 is 0 Å². The highest BCUT2D eigenvalue weighted by Gasteiger charge is 2.04. The van der Waals surface area contributed by atoms with Crippen molar-refractivity contribution < 1.29 is 14.3 Å². The first-order valence-electron chi connectivity index (χ1n) is 7.80. The van der Waals surface area contributed by atoms with Crippen LogP contribution in [0.1, 0.15) is 16.7 Å². The number of benzene rings is 2. The third kappa shape index (κ3) is 5.83. The molecule has 0 saturated carbocycles. The number of methoxy groups -OCH3 is 2. The summed E-state index contributed by atoms with van der Waals surface area (Å²) in [5.74, 6) is 2.35. The van der Waals surface area contributed by atoms with Gasteiger partial charge in [-0.3, -0.25) is 4.79 Å². The maximum absolute atomic E-state index is 11.9. The van der Waals surface area contributed by atoms with Crippen LogP contribution in [0.2, 0.25) is 0 Å². The molecule has 1 N–H and O–H groups in total. The van der Waals surface area contributed by atoms with Crippen LogP contribution in [0.3, 0.4) is 0 Å². The van der Waals surface area contributed by atoms with Crippen molar-refractivity contribution in [2.45, 2.75) is 12.7 Å². The first-order chi connectivity index (χ1) is 12.1. The predicted octanol–water partition coefficient (Wildman–Crippen LogP) is 3.40. The molecule has 0 unspecified atom stereocenters. The summed E-state index contributed by atoms with van der Waals surface area (Å²) in [7, 11) is 3.17. The number of nitrogens with zero attached hydrogens (tertiary/aromatic N) is 1. The molecule has 0 aliphatic heterocycles. The first-order valence-corrected chi connectivity index (χ1v) is 8.95. The van der Waals surface area contributed by atoms with Crippen LogP contribution in [0.15, 0.2) is 47.6 Å². The minimum absolute atomic E-state index is 0.137. The summed E-state index contributed by atoms with van der Waals surface area (Å²) in [5, 5.41) is 3.99. The van der Waals surface area contributed by atoms with E-state index in [9.17, 15) is 4.79 Å². The zero-order valence-corrected chi connectivity index (χ0v) is 15.4. The summed E-state index contributed by atoms with van der Waals surface area (Å²) in [5.41, 5.74) is 5.77. The lowest BCUT2D eigenvalue weighted by Crippen LogP contribution is -2.19. The zero-order chi connectivity index (χ0) is 18.1. The van der Waals surface area contributed by atoms with Crippen LogP contribution in [0, 0.1) is 6.92 Å². The van der Waals surface area contributed by atoms with Crippen LogP contribution in [-0.4, -0.2) is 32.1 Å². The van der Waals surface area contributed by atoms with E-state index in [-0.39, 0.29) is 5.91 Å². The fourth-order valence-corrected chi connectivity index (χ4v) is 3.05. The first kappa shape index (κ1) is 18.9. The van der Waals surface area contributed by atoms with Crippen LogP contribution in [0.25, 0.3) is 0 Å². The van der Waals surface area contributed by atoms with Crippen molar-refractivity contribution in [1.82, 2.24) is 5.43 Å². The molecule has 0 bridgehead atoms. The number of hydrazone groups is 1. The van der Waals surface area contributed by atoms with Gasteiger partial charge in [-0.25, -0.2) is 5.43 Å². The fourth-order valence-electron chi connectivity index (χ4n) is 2.16. The number of hydrogen-bond acceptors (Lipinski definition) is 5. The standard InChI is InChI=1S/C19H22N2O3S/c1-14-6-4-5-7-16(14)12-25-13-19(22)21-20-11-15-8-9-17(23-2)10-18(15)24-3/h4-11H,12-13H2,1-3H3,(H,21,22). The van der Waals surface area contributed by atoms with Gasteiger partial charge < -0.3 is 9.47 Å². The normalized spacial score (nSPS) is 10.7. The van der Waals surface area contributed by atoms with E-state index in [2.05, 4.69) is 29.6 Å². The summed E-state index contributed by atoms with van der Waals surface area (Å²) in [6, 6.07) is 13.6. The molecule has 0 aliphatic carbocycles. The van der Waals surface area contributed by atoms with Gasteiger partial charge in [0.2, 0.25) is 5.91 Å². The Labute approximate surface area is 152 Å². The van der Waals surface area contributed by atoms with Gasteiger partial charge in [0.1, 0.15) is 11.5 Å². The fraction of sp³-hybridized carbons (Fsp3) is 0.263. The molecule has 0 aromatic heterocycles. The van der Waals surface area contributed by atoms with E-state index in [1.54, 1.807) is 38.3 Å². The van der Waals surface area contributed by atoms with E-state index in [1.807, 2.05) is 24.3 Å². The third-order valence-corrected chi connectivity index (χ3v) is 4.57. The second-order valence-electron chi connectivity index (χ2n) is 5.32. The molecular weight excluding hydrogens is 336 g/mol. The van der Waals surface area contributed by atoms with Crippen LogP contribution < -0.4 is 14.9 Å². The molecule has 5 nitrogen and oxygen atoms in total. The molecule has 0 saturated heterocycles. The Morgan fingerprint density at radius 3 is 2.72 bits per heavy atom. The van der Waals surface area contributed by atoms with Crippen LogP contribution >= 0.6 is 11.8 Å². The molecule has 2 rings (SSSR count). The summed E-state index contributed by atoms with van der Waals surface area (Å²) < 4.78 is 10.4. The lowest BCUT2D eigenvalue weighted by Gasteiger charge is -2.07. The molecule has 0 aliphatic rings. The van der Waals surface area contributed by atoms with Crippen molar-refractivity contribution in [3.63, 3.8) is 0 Å². The third-order valence-electron chi connectivity index (χ3n) is 3.59. The molecule has 2 aromatic rings. The largest absolute Gasteiger partial charge is 0.497 e. The van der Waals surface area contributed by atoms with Gasteiger partial charge in [-0.2, -0.15) is 5.10 Å². The van der Waals surface area contributed by atoms with Crippen molar-refractivity contribution in [3.8, 4) is 11.5 Å². The topological polar surface area (TPSA) is 59.9 Å². The van der Waals surface area contributed by atoms with Crippen molar-refractivity contribution in [1.29, 1.82) is 0 Å². The van der Waals surface area contributed by atoms with E-state index in [4.69, 9.17) is 9.47 Å². The van der Waals surface area contributed by atoms with Gasteiger partial charge in [-0.05, 0) is 30.2 Å². The number of nitrogens with one attached hydrogen (secondary N) is 1. The molecule has 6 heteroatoms. The SMILES string of the molecule is COc1ccc(C=NNC(=O)CSCc2ccccc2C)c(OC)c1. The molecule has 0 atom stereocenters. The number of aryl methyl sites for hydroxylation is 1. The Balaban J connectivity index is 1.81. The van der Waals surface area contributed by atoms with Gasteiger partial charge in [0.15, 0.2) is 0 Å². The molecule has 0 fully saturated rings. The highest BCUT2D eigenvalue weighted by Crippen LogP contribution is 2.23. The summed E-state index contributed by atoms with van der Waals surface area (Å²) in [4.78, 5) is 11.9. The number of carbonyl (C=O) groups excluding carboxylic acids is 1. The molecule has 0 radical (unpaired) electrons. The smallest absolute Gasteiger partial charge is 0.250 e. The molecule has 0 spiro atoms. The average molecular weight is 358 g/mol. The highest BCUT2D eigenvalue weighted by atomic mass is 32.2. The van der Waals surface area contributed by atoms with Crippen LogP contribution in [-0.2, 0) is 10.5 Å². The van der Waals surface area contributed by atoms with Crippen molar-refractivity contribution in [2.75, 3.05) is 20.0 Å². The minimum Gasteiger partial charge on any atom is -0.497 e. The number of ether oxygens (including phenoxy) is 2. The highest BCUT2D eigenvalue weighted by molar-refractivity contribution is 7.99. The van der Waals surface area contributed by atoms with Gasteiger partial charge in [-0.1, -0.05) is 24.3 Å².